The predicted molar refractivity (Wildman–Crippen MR) is 140 cm³/mol. The minimum absolute atomic E-state index is 0.286. The first-order valence-corrected chi connectivity index (χ1v) is 19.8. The maximum Gasteiger partial charge on any atom is 0.409 e. The second-order valence-electron chi connectivity index (χ2n) is 9.58. The normalized spacial score (nSPS) is 13.1. The number of nitrogens with zero attached hydrogens (tertiary/aromatic N) is 3. The quantitative estimate of drug-likeness (QED) is 0.230. The van der Waals surface area contributed by atoms with Crippen molar-refractivity contribution in [2.45, 2.75) is 70.8 Å². The van der Waals surface area contributed by atoms with Crippen LogP contribution in [-0.4, -0.2) is 30.4 Å². The Hall–Kier alpha value is -1.23. The molecule has 0 aliphatic carbocycles. The Morgan fingerprint density at radius 3 is 2.15 bits per heavy atom. The van der Waals surface area contributed by atoms with Gasteiger partial charge in [0.05, 0.1) is 19.9 Å². The number of methoxy groups -OCH3 is 1. The van der Waals surface area contributed by atoms with E-state index in [9.17, 15) is 0 Å². The van der Waals surface area contributed by atoms with Crippen LogP contribution in [0, 0.1) is 3.57 Å². The summed E-state index contributed by atoms with van der Waals surface area (Å²) in [5.74, 6) is 0.901. The average Bonchev–Trinajstić information content (AvgIpc) is 3.27. The maximum absolute atomic E-state index is 7.36. The van der Waals surface area contributed by atoms with Gasteiger partial charge in [-0.1, -0.05) is 89.2 Å². The summed E-state index contributed by atoms with van der Waals surface area (Å²) in [6.07, 6.45) is 1.76. The molecule has 8 heteroatoms. The van der Waals surface area contributed by atoms with Crippen LogP contribution >= 0.6 is 12.7 Å². The molecule has 3 aromatic rings. The van der Waals surface area contributed by atoms with Crippen molar-refractivity contribution in [3.63, 3.8) is 0 Å². The number of ether oxygens (including phenoxy) is 1. The van der Waals surface area contributed by atoms with Crippen molar-refractivity contribution in [3.05, 3.63) is 75.1 Å². The molecule has 1 aromatic heterocycles. The first-order valence-electron chi connectivity index (χ1n) is 11.8. The van der Waals surface area contributed by atoms with Crippen molar-refractivity contribution >= 4 is 21.0 Å². The molecule has 34 heavy (non-hydrogen) atoms. The van der Waals surface area contributed by atoms with Gasteiger partial charge in [-0.25, -0.2) is 4.68 Å². The van der Waals surface area contributed by atoms with Crippen molar-refractivity contribution in [2.24, 2.45) is 0 Å². The zero-order valence-electron chi connectivity index (χ0n) is 21.1. The monoisotopic (exact) mass is 656 g/mol. The predicted octanol–water partition coefficient (Wildman–Crippen LogP) is 4.19. The molecule has 0 unspecified atom stereocenters. The Morgan fingerprint density at radius 1 is 0.941 bits per heavy atom. The fraction of sp³-hybridized carbons (Fsp3) is 0.462. The lowest BCUT2D eigenvalue weighted by Crippen LogP contribution is -3.54. The van der Waals surface area contributed by atoms with Crippen LogP contribution < -0.4 is 23.7 Å². The molecule has 0 fully saturated rings. The van der Waals surface area contributed by atoms with Gasteiger partial charge in [-0.2, -0.15) is 0 Å². The van der Waals surface area contributed by atoms with E-state index in [-0.39, 0.29) is 6.10 Å². The second-order valence-corrected chi connectivity index (χ2v) is 18.5. The highest BCUT2D eigenvalue weighted by Crippen LogP contribution is 2.46. The van der Waals surface area contributed by atoms with E-state index in [1.165, 1.54) is 9.13 Å². The summed E-state index contributed by atoms with van der Waals surface area (Å²) >= 11 is 3.38. The zero-order chi connectivity index (χ0) is 24.9. The standard InChI is InChI=1S/C26H36BrIN3O2Si/c1-18(2)34(19(3)4,20(5)6)33-26(22-14-11-15-24(32-7)25(22)28-27)23-17-31(30-29-23)16-21-12-9-8-10-13-21/h8-15,17-20,26H,16H2,1-7H3/q+1/t26-/m1/s1. The molecule has 0 amide bonds. The van der Waals surface area contributed by atoms with Crippen LogP contribution in [0.3, 0.4) is 0 Å². The minimum atomic E-state index is -2.21. The Kier molecular flexibility index (Phi) is 9.77. The third-order valence-corrected chi connectivity index (χ3v) is 16.2. The van der Waals surface area contributed by atoms with Gasteiger partial charge in [-0.15, -0.1) is 5.10 Å². The van der Waals surface area contributed by atoms with E-state index in [4.69, 9.17) is 9.16 Å². The molecule has 0 aliphatic rings. The fourth-order valence-electron chi connectivity index (χ4n) is 5.14. The van der Waals surface area contributed by atoms with E-state index < -0.39 is 27.3 Å². The molecule has 0 spiro atoms. The smallest absolute Gasteiger partial charge is 0.409 e. The molecule has 1 heterocycles. The number of benzene rings is 2. The average molecular weight is 657 g/mol. The lowest BCUT2D eigenvalue weighted by atomic mass is 10.1. The molecule has 0 bridgehead atoms. The molecule has 2 aromatic carbocycles. The van der Waals surface area contributed by atoms with Gasteiger partial charge >= 0.3 is 19.0 Å². The first kappa shape index (κ1) is 27.4. The molecule has 0 radical (unpaired) electrons. The van der Waals surface area contributed by atoms with E-state index >= 15 is 0 Å². The van der Waals surface area contributed by atoms with E-state index in [1.54, 1.807) is 7.11 Å². The van der Waals surface area contributed by atoms with Crippen LogP contribution in [0.4, 0.5) is 0 Å². The Labute approximate surface area is 221 Å². The first-order chi connectivity index (χ1) is 16.2. The second kappa shape index (κ2) is 12.1. The van der Waals surface area contributed by atoms with Crippen molar-refractivity contribution in [1.29, 1.82) is 0 Å². The Balaban J connectivity index is 2.12. The lowest BCUT2D eigenvalue weighted by molar-refractivity contribution is -0.427. The van der Waals surface area contributed by atoms with Crippen LogP contribution in [-0.2, 0) is 11.0 Å². The summed E-state index contributed by atoms with van der Waals surface area (Å²) in [6, 6.07) is 16.6. The molecule has 0 N–H and O–H groups in total. The molecule has 0 saturated carbocycles. The minimum Gasteiger partial charge on any atom is -0.492 e. The fourth-order valence-corrected chi connectivity index (χ4v) is 14.1. The van der Waals surface area contributed by atoms with Gasteiger partial charge in [-0.3, -0.25) is 0 Å². The van der Waals surface area contributed by atoms with Crippen LogP contribution in [0.25, 0.3) is 0 Å². The highest BCUT2D eigenvalue weighted by molar-refractivity contribution is 9.04. The van der Waals surface area contributed by atoms with E-state index in [1.807, 2.05) is 23.0 Å². The van der Waals surface area contributed by atoms with Crippen molar-refractivity contribution in [3.8, 4) is 5.75 Å². The Morgan fingerprint density at radius 2 is 1.59 bits per heavy atom. The summed E-state index contributed by atoms with van der Waals surface area (Å²) in [5, 5.41) is 9.14. The number of hydrogen-bond acceptors (Lipinski definition) is 4. The number of hydrogen-bond donors (Lipinski definition) is 0. The molecule has 5 nitrogen and oxygen atoms in total. The van der Waals surface area contributed by atoms with E-state index in [0.717, 1.165) is 17.0 Å². The topological polar surface area (TPSA) is 49.2 Å². The summed E-state index contributed by atoms with van der Waals surface area (Å²) < 4.78 is 16.2. The van der Waals surface area contributed by atoms with Crippen LogP contribution in [0.15, 0.2) is 54.7 Å². The van der Waals surface area contributed by atoms with Gasteiger partial charge in [0, 0.05) is 5.56 Å². The van der Waals surface area contributed by atoms with Crippen LogP contribution in [0.2, 0.25) is 16.6 Å². The van der Waals surface area contributed by atoms with Gasteiger partial charge in [0.15, 0.2) is 5.75 Å². The summed E-state index contributed by atoms with van der Waals surface area (Å²) in [4.78, 5) is 0. The largest absolute Gasteiger partial charge is 0.492 e. The van der Waals surface area contributed by atoms with Gasteiger partial charge in [0.1, 0.15) is 11.8 Å². The van der Waals surface area contributed by atoms with Crippen LogP contribution in [0.1, 0.15) is 64.5 Å². The van der Waals surface area contributed by atoms with Gasteiger partial charge < -0.3 is 9.16 Å². The maximum atomic E-state index is 7.36. The highest BCUT2D eigenvalue weighted by atomic mass is 127. The lowest BCUT2D eigenvalue weighted by Gasteiger charge is -2.44. The highest BCUT2D eigenvalue weighted by Gasteiger charge is 2.48. The van der Waals surface area contributed by atoms with Crippen LogP contribution in [0.5, 0.6) is 5.75 Å². The molecular weight excluding hydrogens is 621 g/mol. The third kappa shape index (κ3) is 5.76. The van der Waals surface area contributed by atoms with Gasteiger partial charge in [0.25, 0.3) is 12.7 Å². The van der Waals surface area contributed by atoms with E-state index in [2.05, 4.69) is 101 Å². The Bertz CT molecular complexity index is 1040. The van der Waals surface area contributed by atoms with Crippen molar-refractivity contribution in [1.82, 2.24) is 15.0 Å². The number of rotatable bonds is 11. The summed E-state index contributed by atoms with van der Waals surface area (Å²) in [6.45, 7) is 14.6. The third-order valence-electron chi connectivity index (χ3n) is 6.61. The number of aromatic nitrogens is 3. The molecule has 1 atom stereocenters. The summed E-state index contributed by atoms with van der Waals surface area (Å²) in [7, 11) is -0.473. The molecule has 3 rings (SSSR count). The van der Waals surface area contributed by atoms with E-state index in [0.29, 0.717) is 23.2 Å². The number of halogens is 2. The van der Waals surface area contributed by atoms with Crippen molar-refractivity contribution in [2.75, 3.05) is 7.11 Å². The molecular formula is C26H36BrIN3O2Si+. The molecule has 0 aliphatic heterocycles. The van der Waals surface area contributed by atoms with Crippen molar-refractivity contribution < 1.29 is 28.1 Å². The zero-order valence-corrected chi connectivity index (χ0v) is 25.9. The SMILES string of the molecule is COc1cccc([C@@H](O[Si](C(C)C)(C(C)C)C(C)C)c2cn(Cc3ccccc3)nn2)c1[I+]Br. The van der Waals surface area contributed by atoms with Gasteiger partial charge in [-0.05, 0) is 28.3 Å². The summed E-state index contributed by atoms with van der Waals surface area (Å²) in [5.41, 5.74) is 4.56. The molecule has 184 valence electrons. The molecule has 0 saturated heterocycles. The van der Waals surface area contributed by atoms with Gasteiger partial charge in [0.2, 0.25) is 11.9 Å².